The molecule has 1 aromatic heterocycles. The number of aliphatic hydroxyl groups excluding tert-OH is 1. The highest BCUT2D eigenvalue weighted by Crippen LogP contribution is 2.10. The molecule has 0 bridgehead atoms. The molecule has 0 aliphatic carbocycles. The average molecular weight is 418 g/mol. The largest absolute Gasteiger partial charge is 0.391 e. The third kappa shape index (κ3) is 10.3. The number of nitrogens with one attached hydrogen (secondary N) is 2. The molecule has 3 rings (SSSR count). The van der Waals surface area contributed by atoms with Crippen LogP contribution in [0.25, 0.3) is 0 Å². The molecule has 30 heavy (non-hydrogen) atoms. The summed E-state index contributed by atoms with van der Waals surface area (Å²) in [6, 6.07) is 12.1. The maximum Gasteiger partial charge on any atom is 0.346 e. The molecule has 1 aliphatic heterocycles. The van der Waals surface area contributed by atoms with E-state index in [1.54, 1.807) is 6.07 Å². The van der Waals surface area contributed by atoms with Crippen LogP contribution in [0.1, 0.15) is 44.1 Å². The molecule has 0 unspecified atom stereocenters. The number of amides is 1. The second kappa shape index (κ2) is 14.4. The Morgan fingerprint density at radius 1 is 1.07 bits per heavy atom. The molecule has 164 valence electrons. The standard InChI is InChI=1S/C18H23N3O2.C4H8O3/c22-17(20-16-13-14-19-18(23)21-16)12-8-3-1-2-5-9-15-10-6-4-7-11-15;5-3-4-6-1-2-7-4/h4,6-7,10-11,13-14H,1-3,5,8-9,12H2,(H2,19,20,21,22,23);4-5H,1-3H2. The van der Waals surface area contributed by atoms with Crippen molar-refractivity contribution in [3.05, 3.63) is 58.6 Å². The number of aryl methyl sites for hydroxylation is 1. The highest BCUT2D eigenvalue weighted by molar-refractivity contribution is 5.89. The Kier molecular flexibility index (Phi) is 11.4. The van der Waals surface area contributed by atoms with Crippen LogP contribution in [0.15, 0.2) is 47.4 Å². The van der Waals surface area contributed by atoms with Crippen molar-refractivity contribution < 1.29 is 19.4 Å². The molecule has 1 aliphatic rings. The summed E-state index contributed by atoms with van der Waals surface area (Å²) in [7, 11) is 0. The first-order valence-corrected chi connectivity index (χ1v) is 10.4. The highest BCUT2D eigenvalue weighted by Gasteiger charge is 2.12. The van der Waals surface area contributed by atoms with Gasteiger partial charge in [-0.05, 0) is 30.9 Å². The van der Waals surface area contributed by atoms with Crippen LogP contribution >= 0.6 is 0 Å². The van der Waals surface area contributed by atoms with E-state index >= 15 is 0 Å². The Bertz CT molecular complexity index is 776. The number of nitrogens with zero attached hydrogens (tertiary/aromatic N) is 1. The first-order valence-electron chi connectivity index (χ1n) is 10.4. The summed E-state index contributed by atoms with van der Waals surface area (Å²) in [6.45, 7) is 1.20. The number of aromatic nitrogens is 2. The van der Waals surface area contributed by atoms with Gasteiger partial charge in [0.05, 0.1) is 19.8 Å². The number of anilines is 1. The minimum atomic E-state index is -0.457. The zero-order valence-corrected chi connectivity index (χ0v) is 17.2. The molecule has 2 heterocycles. The van der Waals surface area contributed by atoms with E-state index in [-0.39, 0.29) is 18.8 Å². The number of benzene rings is 1. The average Bonchev–Trinajstić information content (AvgIpc) is 3.28. The van der Waals surface area contributed by atoms with Crippen LogP contribution in [0.2, 0.25) is 0 Å². The van der Waals surface area contributed by atoms with Gasteiger partial charge in [0.1, 0.15) is 5.82 Å². The van der Waals surface area contributed by atoms with Crippen LogP contribution < -0.4 is 11.0 Å². The van der Waals surface area contributed by atoms with Crippen molar-refractivity contribution in [2.75, 3.05) is 25.1 Å². The molecule has 8 nitrogen and oxygen atoms in total. The van der Waals surface area contributed by atoms with Crippen molar-refractivity contribution in [2.45, 2.75) is 51.2 Å². The Morgan fingerprint density at radius 3 is 2.43 bits per heavy atom. The Balaban J connectivity index is 0.000000386. The van der Waals surface area contributed by atoms with Gasteiger partial charge >= 0.3 is 5.69 Å². The summed E-state index contributed by atoms with van der Waals surface area (Å²) in [6.07, 6.45) is 8.07. The minimum Gasteiger partial charge on any atom is -0.391 e. The molecule has 2 aromatic rings. The van der Waals surface area contributed by atoms with E-state index in [1.807, 2.05) is 6.07 Å². The van der Waals surface area contributed by atoms with Crippen LogP contribution in [-0.4, -0.2) is 47.1 Å². The fourth-order valence-electron chi connectivity index (χ4n) is 2.96. The lowest BCUT2D eigenvalue weighted by atomic mass is 10.0. The number of rotatable bonds is 10. The van der Waals surface area contributed by atoms with E-state index in [4.69, 9.17) is 14.6 Å². The van der Waals surface area contributed by atoms with Crippen LogP contribution in [0.5, 0.6) is 0 Å². The summed E-state index contributed by atoms with van der Waals surface area (Å²) < 4.78 is 9.66. The summed E-state index contributed by atoms with van der Waals surface area (Å²) in [5.74, 6) is 0.328. The van der Waals surface area contributed by atoms with Crippen molar-refractivity contribution >= 4 is 11.7 Å². The predicted octanol–water partition coefficient (Wildman–Crippen LogP) is 2.64. The fraction of sp³-hybridized carbons (Fsp3) is 0.500. The Hall–Kier alpha value is -2.55. The smallest absolute Gasteiger partial charge is 0.346 e. The molecule has 1 fully saturated rings. The molecule has 0 atom stereocenters. The molecule has 1 amide bonds. The normalized spacial score (nSPS) is 13.5. The third-order valence-corrected chi connectivity index (χ3v) is 4.50. The molecule has 0 saturated carbocycles. The number of aliphatic hydroxyl groups is 1. The summed E-state index contributed by atoms with van der Waals surface area (Å²) in [5, 5.41) is 11.0. The fourth-order valence-corrected chi connectivity index (χ4v) is 2.96. The number of carbonyl (C=O) groups excluding carboxylic acids is 1. The first-order chi connectivity index (χ1) is 14.7. The molecule has 1 aromatic carbocycles. The van der Waals surface area contributed by atoms with Gasteiger partial charge in [0.25, 0.3) is 0 Å². The number of H-pyrrole nitrogens is 1. The van der Waals surface area contributed by atoms with E-state index in [0.29, 0.717) is 25.5 Å². The number of hydrogen-bond acceptors (Lipinski definition) is 6. The summed E-state index contributed by atoms with van der Waals surface area (Å²) in [5.41, 5.74) is 0.930. The van der Waals surface area contributed by atoms with Gasteiger partial charge in [-0.3, -0.25) is 9.78 Å². The van der Waals surface area contributed by atoms with E-state index in [9.17, 15) is 9.59 Å². The van der Waals surface area contributed by atoms with E-state index < -0.39 is 5.69 Å². The minimum absolute atomic E-state index is 0.0278. The molecule has 3 N–H and O–H groups in total. The van der Waals surface area contributed by atoms with Gasteiger partial charge < -0.3 is 19.9 Å². The quantitative estimate of drug-likeness (QED) is 0.512. The van der Waals surface area contributed by atoms with Gasteiger partial charge in [0, 0.05) is 12.6 Å². The van der Waals surface area contributed by atoms with E-state index in [0.717, 1.165) is 25.7 Å². The molecule has 0 radical (unpaired) electrons. The molecule has 8 heteroatoms. The SMILES string of the molecule is O=C(CCCCCCCc1ccccc1)Nc1ccnc(=O)[nH]1.OCC1OCCO1. The van der Waals surface area contributed by atoms with Gasteiger partial charge in [-0.25, -0.2) is 9.78 Å². The van der Waals surface area contributed by atoms with Crippen molar-refractivity contribution in [2.24, 2.45) is 0 Å². The van der Waals surface area contributed by atoms with Gasteiger partial charge in [-0.2, -0.15) is 0 Å². The van der Waals surface area contributed by atoms with Gasteiger partial charge in [0.2, 0.25) is 5.91 Å². The zero-order chi connectivity index (χ0) is 21.4. The second-order valence-corrected chi connectivity index (χ2v) is 6.94. The van der Waals surface area contributed by atoms with E-state index in [2.05, 4.69) is 39.6 Å². The number of carbonyl (C=O) groups is 1. The van der Waals surface area contributed by atoms with Crippen molar-refractivity contribution in [3.8, 4) is 0 Å². The summed E-state index contributed by atoms with van der Waals surface area (Å²) in [4.78, 5) is 28.7. The molecule has 0 spiro atoms. The zero-order valence-electron chi connectivity index (χ0n) is 17.2. The summed E-state index contributed by atoms with van der Waals surface area (Å²) >= 11 is 0. The number of ether oxygens (including phenoxy) is 2. The van der Waals surface area contributed by atoms with Crippen molar-refractivity contribution in [3.63, 3.8) is 0 Å². The lowest BCUT2D eigenvalue weighted by Crippen LogP contribution is -2.17. The monoisotopic (exact) mass is 417 g/mol. The highest BCUT2D eigenvalue weighted by atomic mass is 16.7. The maximum atomic E-state index is 11.7. The predicted molar refractivity (Wildman–Crippen MR) is 114 cm³/mol. The van der Waals surface area contributed by atoms with Gasteiger partial charge in [0.15, 0.2) is 6.29 Å². The van der Waals surface area contributed by atoms with Gasteiger partial charge in [-0.1, -0.05) is 49.6 Å². The Morgan fingerprint density at radius 2 is 1.77 bits per heavy atom. The van der Waals surface area contributed by atoms with Crippen LogP contribution in [0.3, 0.4) is 0 Å². The number of unbranched alkanes of at least 4 members (excludes halogenated alkanes) is 4. The first kappa shape index (κ1) is 23.7. The third-order valence-electron chi connectivity index (χ3n) is 4.50. The molecular formula is C22H31N3O5. The number of hydrogen-bond donors (Lipinski definition) is 3. The van der Waals surface area contributed by atoms with Gasteiger partial charge in [-0.15, -0.1) is 0 Å². The van der Waals surface area contributed by atoms with E-state index in [1.165, 1.54) is 24.6 Å². The van der Waals surface area contributed by atoms with Crippen molar-refractivity contribution in [1.29, 1.82) is 0 Å². The van der Waals surface area contributed by atoms with Crippen LogP contribution in [0, 0.1) is 0 Å². The second-order valence-electron chi connectivity index (χ2n) is 6.94. The van der Waals surface area contributed by atoms with Crippen LogP contribution in [-0.2, 0) is 20.7 Å². The Labute approximate surface area is 176 Å². The molecule has 1 saturated heterocycles. The van der Waals surface area contributed by atoms with Crippen LogP contribution in [0.4, 0.5) is 5.82 Å². The number of aromatic amines is 1. The topological polar surface area (TPSA) is 114 Å². The lowest BCUT2D eigenvalue weighted by Gasteiger charge is -2.05. The lowest BCUT2D eigenvalue weighted by molar-refractivity contribution is -0.116. The molecular weight excluding hydrogens is 386 g/mol. The van der Waals surface area contributed by atoms with Crippen molar-refractivity contribution in [1.82, 2.24) is 9.97 Å². The maximum absolute atomic E-state index is 11.7.